The molecular formula is C15H23NO5. The molecule has 0 aromatic heterocycles. The molecule has 3 fully saturated rings. The van der Waals surface area contributed by atoms with E-state index in [1.165, 1.54) is 0 Å². The zero-order valence-electron chi connectivity index (χ0n) is 12.4. The Kier molecular flexibility index (Phi) is 4.17. The van der Waals surface area contributed by atoms with E-state index in [-0.39, 0.29) is 24.0 Å². The molecule has 3 rings (SSSR count). The number of amides is 1. The van der Waals surface area contributed by atoms with Gasteiger partial charge in [0.15, 0.2) is 0 Å². The highest BCUT2D eigenvalue weighted by Crippen LogP contribution is 2.42. The molecule has 1 amide bonds. The van der Waals surface area contributed by atoms with E-state index in [0.717, 1.165) is 19.3 Å². The van der Waals surface area contributed by atoms with Crippen LogP contribution in [0.2, 0.25) is 0 Å². The maximum atomic E-state index is 12.6. The van der Waals surface area contributed by atoms with Crippen LogP contribution in [-0.2, 0) is 19.1 Å². The molecule has 1 aliphatic heterocycles. The van der Waals surface area contributed by atoms with E-state index in [2.05, 4.69) is 0 Å². The highest BCUT2D eigenvalue weighted by Gasteiger charge is 2.52. The van der Waals surface area contributed by atoms with Gasteiger partial charge in [-0.25, -0.2) is 0 Å². The smallest absolute Gasteiger partial charge is 0.307 e. The predicted molar refractivity (Wildman–Crippen MR) is 73.7 cm³/mol. The Balaban J connectivity index is 1.70. The lowest BCUT2D eigenvalue weighted by Gasteiger charge is -2.40. The van der Waals surface area contributed by atoms with Crippen molar-refractivity contribution in [1.29, 1.82) is 0 Å². The summed E-state index contributed by atoms with van der Waals surface area (Å²) in [6.07, 6.45) is 3.85. The minimum Gasteiger partial charge on any atom is -0.481 e. The maximum absolute atomic E-state index is 12.6. The van der Waals surface area contributed by atoms with Gasteiger partial charge in [-0.1, -0.05) is 6.42 Å². The van der Waals surface area contributed by atoms with Gasteiger partial charge >= 0.3 is 5.97 Å². The van der Waals surface area contributed by atoms with Crippen LogP contribution in [0.5, 0.6) is 0 Å². The molecule has 0 bridgehead atoms. The summed E-state index contributed by atoms with van der Waals surface area (Å²) >= 11 is 0. The Bertz CT molecular complexity index is 426. The SMILES string of the molecule is COC1CCCC1C1COCCN1C(=O)C1CC1C(=O)O. The quantitative estimate of drug-likeness (QED) is 0.828. The Morgan fingerprint density at radius 2 is 2.10 bits per heavy atom. The highest BCUT2D eigenvalue weighted by atomic mass is 16.5. The van der Waals surface area contributed by atoms with Crippen molar-refractivity contribution >= 4 is 11.9 Å². The summed E-state index contributed by atoms with van der Waals surface area (Å²) in [7, 11) is 1.72. The summed E-state index contributed by atoms with van der Waals surface area (Å²) in [5.74, 6) is -1.36. The molecule has 3 aliphatic rings. The Hall–Kier alpha value is -1.14. The van der Waals surface area contributed by atoms with Crippen LogP contribution >= 0.6 is 0 Å². The molecule has 1 heterocycles. The third-order valence-electron chi connectivity index (χ3n) is 5.17. The molecule has 0 aromatic carbocycles. The number of carboxylic acid groups (broad SMARTS) is 1. The van der Waals surface area contributed by atoms with Crippen molar-refractivity contribution in [2.75, 3.05) is 26.9 Å². The van der Waals surface area contributed by atoms with Crippen LogP contribution in [0.1, 0.15) is 25.7 Å². The Labute approximate surface area is 124 Å². The van der Waals surface area contributed by atoms with E-state index in [1.807, 2.05) is 4.90 Å². The number of methoxy groups -OCH3 is 1. The summed E-state index contributed by atoms with van der Waals surface area (Å²) in [5.41, 5.74) is 0. The lowest BCUT2D eigenvalue weighted by atomic mass is 9.93. The predicted octanol–water partition coefficient (Wildman–Crippen LogP) is 0.750. The number of hydrogen-bond acceptors (Lipinski definition) is 4. The van der Waals surface area contributed by atoms with Crippen molar-refractivity contribution in [3.8, 4) is 0 Å². The van der Waals surface area contributed by atoms with E-state index in [0.29, 0.717) is 32.1 Å². The fourth-order valence-corrected chi connectivity index (χ4v) is 3.89. The number of nitrogens with zero attached hydrogens (tertiary/aromatic N) is 1. The molecule has 2 saturated carbocycles. The normalized spacial score (nSPS) is 39.3. The second kappa shape index (κ2) is 5.93. The first kappa shape index (κ1) is 14.8. The van der Waals surface area contributed by atoms with Gasteiger partial charge in [0.25, 0.3) is 0 Å². The number of ether oxygens (including phenoxy) is 2. The van der Waals surface area contributed by atoms with Crippen LogP contribution in [-0.4, -0.2) is 60.9 Å². The van der Waals surface area contributed by atoms with Gasteiger partial charge in [0.2, 0.25) is 5.91 Å². The molecule has 0 spiro atoms. The van der Waals surface area contributed by atoms with Crippen molar-refractivity contribution in [2.45, 2.75) is 37.8 Å². The van der Waals surface area contributed by atoms with Gasteiger partial charge < -0.3 is 19.5 Å². The molecule has 1 saturated heterocycles. The number of aliphatic carboxylic acids is 1. The zero-order chi connectivity index (χ0) is 15.0. The summed E-state index contributed by atoms with van der Waals surface area (Å²) in [4.78, 5) is 25.5. The van der Waals surface area contributed by atoms with Crippen molar-refractivity contribution in [3.63, 3.8) is 0 Å². The van der Waals surface area contributed by atoms with Gasteiger partial charge in [0.05, 0.1) is 37.2 Å². The molecule has 6 nitrogen and oxygen atoms in total. The standard InChI is InChI=1S/C15H23NO5/c1-20-13-4-2-3-9(13)12-8-21-6-5-16(12)14(17)10-7-11(10)15(18)19/h9-13H,2-8H2,1H3,(H,18,19). The van der Waals surface area contributed by atoms with Crippen molar-refractivity contribution in [1.82, 2.24) is 4.90 Å². The lowest BCUT2D eigenvalue weighted by Crippen LogP contribution is -2.54. The van der Waals surface area contributed by atoms with Gasteiger partial charge in [-0.3, -0.25) is 9.59 Å². The number of carboxylic acids is 1. The molecule has 0 aromatic rings. The average Bonchev–Trinajstić information content (AvgIpc) is 3.17. The van der Waals surface area contributed by atoms with Crippen molar-refractivity contribution in [2.24, 2.45) is 17.8 Å². The van der Waals surface area contributed by atoms with Crippen LogP contribution in [0, 0.1) is 17.8 Å². The van der Waals surface area contributed by atoms with Crippen LogP contribution in [0.15, 0.2) is 0 Å². The Morgan fingerprint density at radius 1 is 1.29 bits per heavy atom. The number of rotatable bonds is 4. The number of carbonyl (C=O) groups is 2. The van der Waals surface area contributed by atoms with Crippen molar-refractivity contribution < 1.29 is 24.2 Å². The number of morpholine rings is 1. The number of hydrogen-bond donors (Lipinski definition) is 1. The summed E-state index contributed by atoms with van der Waals surface area (Å²) in [6, 6.07) is 0.0359. The fourth-order valence-electron chi connectivity index (χ4n) is 3.89. The second-order valence-corrected chi connectivity index (χ2v) is 6.33. The highest BCUT2D eigenvalue weighted by molar-refractivity contribution is 5.89. The van der Waals surface area contributed by atoms with E-state index in [1.54, 1.807) is 7.11 Å². The van der Waals surface area contributed by atoms with Crippen LogP contribution in [0.3, 0.4) is 0 Å². The molecule has 1 N–H and O–H groups in total. The average molecular weight is 297 g/mol. The summed E-state index contributed by atoms with van der Waals surface area (Å²) < 4.78 is 11.1. The van der Waals surface area contributed by atoms with Gasteiger partial charge in [-0.15, -0.1) is 0 Å². The van der Waals surface area contributed by atoms with Gasteiger partial charge in [0, 0.05) is 19.6 Å². The fraction of sp³-hybridized carbons (Fsp3) is 0.867. The van der Waals surface area contributed by atoms with E-state index in [4.69, 9.17) is 14.6 Å². The minimum atomic E-state index is -0.853. The molecule has 0 radical (unpaired) electrons. The molecular weight excluding hydrogens is 274 g/mol. The summed E-state index contributed by atoms with van der Waals surface area (Å²) in [5, 5.41) is 9.01. The molecule has 21 heavy (non-hydrogen) atoms. The third kappa shape index (κ3) is 2.79. The van der Waals surface area contributed by atoms with E-state index < -0.39 is 11.9 Å². The zero-order valence-corrected chi connectivity index (χ0v) is 12.4. The first-order valence-corrected chi connectivity index (χ1v) is 7.77. The van der Waals surface area contributed by atoms with Crippen molar-refractivity contribution in [3.05, 3.63) is 0 Å². The van der Waals surface area contributed by atoms with Gasteiger partial charge in [0.1, 0.15) is 0 Å². The molecule has 6 heteroatoms. The first-order chi connectivity index (χ1) is 10.1. The third-order valence-corrected chi connectivity index (χ3v) is 5.17. The molecule has 118 valence electrons. The maximum Gasteiger partial charge on any atom is 0.307 e. The van der Waals surface area contributed by atoms with Crippen LogP contribution < -0.4 is 0 Å². The van der Waals surface area contributed by atoms with E-state index >= 15 is 0 Å². The largest absolute Gasteiger partial charge is 0.481 e. The first-order valence-electron chi connectivity index (χ1n) is 7.77. The molecule has 5 unspecified atom stereocenters. The molecule has 5 atom stereocenters. The van der Waals surface area contributed by atoms with Crippen LogP contribution in [0.4, 0.5) is 0 Å². The van der Waals surface area contributed by atoms with Gasteiger partial charge in [-0.05, 0) is 19.3 Å². The Morgan fingerprint density at radius 3 is 2.76 bits per heavy atom. The molecule has 2 aliphatic carbocycles. The number of carbonyl (C=O) groups excluding carboxylic acids is 1. The summed E-state index contributed by atoms with van der Waals surface area (Å²) in [6.45, 7) is 1.65. The van der Waals surface area contributed by atoms with E-state index in [9.17, 15) is 9.59 Å². The van der Waals surface area contributed by atoms with Gasteiger partial charge in [-0.2, -0.15) is 0 Å². The monoisotopic (exact) mass is 297 g/mol. The topological polar surface area (TPSA) is 76.1 Å². The lowest BCUT2D eigenvalue weighted by molar-refractivity contribution is -0.149. The van der Waals surface area contributed by atoms with Crippen LogP contribution in [0.25, 0.3) is 0 Å². The minimum absolute atomic E-state index is 0.00236. The second-order valence-electron chi connectivity index (χ2n) is 6.33.